The molecule has 0 aromatic carbocycles. The van der Waals surface area contributed by atoms with Crippen molar-refractivity contribution in [3.8, 4) is 0 Å². The van der Waals surface area contributed by atoms with Crippen LogP contribution in [0.5, 0.6) is 0 Å². The molecule has 0 amide bonds. The van der Waals surface area contributed by atoms with Gasteiger partial charge in [-0.25, -0.2) is 0 Å². The van der Waals surface area contributed by atoms with E-state index in [4.69, 9.17) is 27.9 Å². The number of rotatable bonds is 13. The van der Waals surface area contributed by atoms with Crippen LogP contribution in [0.3, 0.4) is 0 Å². The molecule has 0 radical (unpaired) electrons. The van der Waals surface area contributed by atoms with E-state index in [1.165, 1.54) is 61.3 Å². The first-order valence-electron chi connectivity index (χ1n) is 18.2. The molecule has 0 unspecified atom stereocenters. The summed E-state index contributed by atoms with van der Waals surface area (Å²) in [5, 5.41) is 0. The minimum atomic E-state index is -1.35. The Bertz CT molecular complexity index is 666. The third-order valence-corrected chi connectivity index (χ3v) is 11.0. The van der Waals surface area contributed by atoms with Crippen LogP contribution in [-0.2, 0) is 27.9 Å². The maximum atomic E-state index is 5.69. The molecule has 6 saturated heterocycles. The van der Waals surface area contributed by atoms with E-state index in [0.717, 1.165) is 71.5 Å². The zero-order valence-corrected chi connectivity index (χ0v) is 35.2. The van der Waals surface area contributed by atoms with Crippen LogP contribution in [0.4, 0.5) is 0 Å². The second-order valence-corrected chi connectivity index (χ2v) is 14.2. The van der Waals surface area contributed by atoms with Gasteiger partial charge in [0.25, 0.3) is 0 Å². The van der Waals surface area contributed by atoms with Gasteiger partial charge in [0.2, 0.25) is 0 Å². The van der Waals surface area contributed by atoms with Crippen LogP contribution in [0, 0.1) is 10.8 Å². The fraction of sp³-hybridized carbons (Fsp3) is 1.00. The van der Waals surface area contributed by atoms with Crippen molar-refractivity contribution in [2.45, 2.75) is 130 Å². The molecule has 0 saturated carbocycles. The predicted octanol–water partition coefficient (Wildman–Crippen LogP) is -3.72. The summed E-state index contributed by atoms with van der Waals surface area (Å²) in [6, 6.07) is 0. The smallest absolute Gasteiger partial charge is 1.00 e. The molecule has 6 aliphatic heterocycles. The van der Waals surface area contributed by atoms with E-state index in [1.54, 1.807) is 0 Å². The molecule has 49 heavy (non-hydrogen) atoms. The number of nitrogens with zero attached hydrogens (tertiary/aromatic N) is 2. The number of fused-ring (bicyclic) bond motifs is 6. The Morgan fingerprint density at radius 1 is 0.429 bits per heavy atom. The Hall–Kier alpha value is 1.58. The van der Waals surface area contributed by atoms with E-state index in [-0.39, 0.29) is 88.2 Å². The number of hydrogen-bond donors (Lipinski definition) is 0. The molecule has 0 aromatic rings. The summed E-state index contributed by atoms with van der Waals surface area (Å²) in [6.07, 6.45) is 5.16. The van der Waals surface area contributed by atoms with Gasteiger partial charge in [0, 0.05) is 50.5 Å². The molecule has 6 aliphatic rings. The second-order valence-electron chi connectivity index (χ2n) is 14.2. The summed E-state index contributed by atoms with van der Waals surface area (Å²) in [5.74, 6) is 0. The maximum absolute atomic E-state index is 5.69. The van der Waals surface area contributed by atoms with Crippen molar-refractivity contribution in [3.05, 3.63) is 0 Å². The van der Waals surface area contributed by atoms with E-state index in [0.29, 0.717) is 0 Å². The zero-order valence-electron chi connectivity index (χ0n) is 33.7. The van der Waals surface area contributed by atoms with Gasteiger partial charge in [0.15, 0.2) is 0 Å². The molecule has 0 aliphatic carbocycles. The molecule has 6 heterocycles. The summed E-state index contributed by atoms with van der Waals surface area (Å²) in [5.41, 5.74) is 0.215. The van der Waals surface area contributed by atoms with Crippen molar-refractivity contribution in [1.29, 1.82) is 0 Å². The van der Waals surface area contributed by atoms with Gasteiger partial charge < -0.3 is 61.7 Å². The molecule has 0 N–H and O–H groups in total. The van der Waals surface area contributed by atoms with Crippen LogP contribution >= 0.6 is 0 Å². The van der Waals surface area contributed by atoms with E-state index in [2.05, 4.69) is 83.1 Å². The molecule has 0 atom stereocenters. The van der Waals surface area contributed by atoms with E-state index >= 15 is 0 Å². The van der Waals surface area contributed by atoms with Crippen LogP contribution in [0.2, 0.25) is 12.6 Å². The molecule has 0 spiro atoms. The van der Waals surface area contributed by atoms with Crippen LogP contribution in [0.25, 0.3) is 0 Å². The molecule has 8 nitrogen and oxygen atoms in total. The fourth-order valence-electron chi connectivity index (χ4n) is 6.50. The van der Waals surface area contributed by atoms with Gasteiger partial charge in [-0.15, -0.1) is 0 Å². The van der Waals surface area contributed by atoms with E-state index in [9.17, 15) is 0 Å². The van der Waals surface area contributed by atoms with Crippen molar-refractivity contribution in [3.63, 3.8) is 0 Å². The van der Waals surface area contributed by atoms with Crippen molar-refractivity contribution in [2.75, 3.05) is 92.0 Å². The summed E-state index contributed by atoms with van der Waals surface area (Å²) >= 11 is 0. The zero-order chi connectivity index (χ0) is 32.7. The van der Waals surface area contributed by atoms with E-state index < -0.39 is 13.5 Å². The third-order valence-electron chi connectivity index (χ3n) is 11.0. The first kappa shape index (κ1) is 62.6. The SMILES string of the molecule is C.C.CCCC[B-]12OCC(C)(CO1)CO2.CCC[B-]12OCC(C)(CO1)CO2.CC[N+](CC)(CC)CC.CC[N+](CC)(CC)CC.[Cl-].[Cl-].[Li+].[Li+]. The molecule has 14 heteroatoms. The van der Waals surface area contributed by atoms with Crippen LogP contribution in [0.1, 0.15) is 117 Å². The van der Waals surface area contributed by atoms with Gasteiger partial charge in [-0.2, -0.15) is 0 Å². The molecule has 6 fully saturated rings. The Morgan fingerprint density at radius 3 is 0.816 bits per heavy atom. The number of halogens is 2. The molecular weight excluding hydrogens is 651 g/mol. The molecule has 4 bridgehead atoms. The summed E-state index contributed by atoms with van der Waals surface area (Å²) in [7, 11) is 0. The van der Waals surface area contributed by atoms with Crippen molar-refractivity contribution < 1.29 is 99.4 Å². The van der Waals surface area contributed by atoms with Gasteiger partial charge in [0.1, 0.15) is 0 Å². The Morgan fingerprint density at radius 2 is 0.653 bits per heavy atom. The first-order valence-corrected chi connectivity index (χ1v) is 18.2. The van der Waals surface area contributed by atoms with Crippen LogP contribution in [-0.4, -0.2) is 114 Å². The maximum Gasteiger partial charge on any atom is 1.00 e. The summed E-state index contributed by atoms with van der Waals surface area (Å²) in [4.78, 5) is 0. The summed E-state index contributed by atoms with van der Waals surface area (Å²) < 4.78 is 36.5. The number of hydrogen-bond acceptors (Lipinski definition) is 6. The van der Waals surface area contributed by atoms with Gasteiger partial charge in [0.05, 0.1) is 52.4 Å². The van der Waals surface area contributed by atoms with E-state index in [1.807, 2.05) is 0 Å². The Labute approximate surface area is 343 Å². The topological polar surface area (TPSA) is 55.4 Å². The van der Waals surface area contributed by atoms with Gasteiger partial charge >= 0.3 is 51.2 Å². The minimum absolute atomic E-state index is 0. The molecule has 6 rings (SSSR count). The normalized spacial score (nSPS) is 27.4. The Kier molecular flexibility index (Phi) is 38.2. The van der Waals surface area contributed by atoms with Crippen LogP contribution in [0.15, 0.2) is 0 Å². The minimum Gasteiger partial charge on any atom is -1.00 e. The van der Waals surface area contributed by atoms with Gasteiger partial charge in [-0.1, -0.05) is 74.5 Å². The van der Waals surface area contributed by atoms with Crippen molar-refractivity contribution in [2.24, 2.45) is 10.8 Å². The number of unbranched alkanes of at least 4 members (excludes halogenated alkanes) is 1. The van der Waals surface area contributed by atoms with Gasteiger partial charge in [-0.05, 0) is 55.4 Å². The average molecular weight is 733 g/mol. The summed E-state index contributed by atoms with van der Waals surface area (Å²) in [6.45, 7) is 39.1. The van der Waals surface area contributed by atoms with Gasteiger partial charge in [-0.3, -0.25) is 0 Å². The molecule has 290 valence electrons. The largest absolute Gasteiger partial charge is 1.00 e. The molecular formula is C35H82B2Cl2Li2N2O6. The molecule has 0 aromatic heterocycles. The predicted molar refractivity (Wildman–Crippen MR) is 197 cm³/mol. The standard InChI is InChI=1S/C9H18BO3.C8H16BO3.2C8H20N.2CH4.2ClH.2Li/c1-3-4-5-10-11-6-9(2,7-12-10)8-13-10;1-3-4-9-10-5-8(2,6-11-9)7-12-9;2*1-5-9(6-2,7-3)8-4;;;;;;/h3-8H2,1-2H3;3-7H2,1-2H3;2*5-8H2,1-4H3;2*1H4;2*1H;;/q2*-1;2*+1;;;;;2*+1/p-2. The quantitative estimate of drug-likeness (QED) is 0.144. The second kappa shape index (κ2) is 29.9. The third kappa shape index (κ3) is 19.1. The van der Waals surface area contributed by atoms with Crippen molar-refractivity contribution in [1.82, 2.24) is 0 Å². The Balaban J connectivity index is -0.000000123. The monoisotopic (exact) mass is 733 g/mol. The average Bonchev–Trinajstić information content (AvgIpc) is 3.06. The fourth-order valence-corrected chi connectivity index (χ4v) is 6.50. The number of quaternary nitrogens is 2. The van der Waals surface area contributed by atoms with Crippen molar-refractivity contribution >= 4 is 13.5 Å². The first-order chi connectivity index (χ1) is 20.3. The van der Waals surface area contributed by atoms with Crippen LogP contribution < -0.4 is 62.5 Å².